The molecule has 5 rings (SSSR count). The van der Waals surface area contributed by atoms with Crippen molar-refractivity contribution in [3.05, 3.63) is 23.5 Å². The lowest BCUT2D eigenvalue weighted by Gasteiger charge is -2.43. The first-order chi connectivity index (χ1) is 16.5. The van der Waals surface area contributed by atoms with Crippen molar-refractivity contribution in [2.45, 2.75) is 68.6 Å². The van der Waals surface area contributed by atoms with Gasteiger partial charge >= 0.3 is 0 Å². The zero-order valence-corrected chi connectivity index (χ0v) is 21.0. The number of hydrogen-bond donors (Lipinski definition) is 2. The lowest BCUT2D eigenvalue weighted by Crippen LogP contribution is -2.61. The highest BCUT2D eigenvalue weighted by Gasteiger charge is 2.42. The van der Waals surface area contributed by atoms with E-state index in [2.05, 4.69) is 25.2 Å². The Morgan fingerprint density at radius 1 is 1.31 bits per heavy atom. The molecular formula is C21H26F3N7O2S2. The van der Waals surface area contributed by atoms with Crippen molar-refractivity contribution in [2.24, 2.45) is 0 Å². The molecular weight excluding hydrogens is 503 g/mol. The molecule has 0 unspecified atom stereocenters. The maximum absolute atomic E-state index is 13.8. The van der Waals surface area contributed by atoms with Crippen LogP contribution in [0.25, 0.3) is 16.3 Å². The van der Waals surface area contributed by atoms with Crippen LogP contribution in [0.1, 0.15) is 45.0 Å². The molecule has 3 atom stereocenters. The number of rotatable bonds is 7. The Morgan fingerprint density at radius 2 is 2.06 bits per heavy atom. The molecule has 2 fully saturated rings. The Balaban J connectivity index is 1.68. The number of nitrogens with zero attached hydrogens (tertiary/aromatic N) is 5. The summed E-state index contributed by atoms with van der Waals surface area (Å²) in [6.07, 6.45) is 1.59. The van der Waals surface area contributed by atoms with Crippen LogP contribution >= 0.6 is 11.3 Å². The Bertz CT molecular complexity index is 1360. The van der Waals surface area contributed by atoms with Crippen molar-refractivity contribution in [3.8, 4) is 10.7 Å². The van der Waals surface area contributed by atoms with Crippen LogP contribution in [0, 0.1) is 0 Å². The first kappa shape index (κ1) is 24.4. The Kier molecular flexibility index (Phi) is 6.05. The van der Waals surface area contributed by atoms with Crippen LogP contribution in [0.5, 0.6) is 0 Å². The summed E-state index contributed by atoms with van der Waals surface area (Å²) in [6, 6.07) is 0.754. The summed E-state index contributed by atoms with van der Waals surface area (Å²) in [7, 11) is -3.91. The molecule has 14 heteroatoms. The van der Waals surface area contributed by atoms with Crippen LogP contribution in [-0.4, -0.2) is 64.9 Å². The normalized spacial score (nSPS) is 24.4. The van der Waals surface area contributed by atoms with E-state index in [0.717, 1.165) is 24.2 Å². The summed E-state index contributed by atoms with van der Waals surface area (Å²) in [5.74, 6) is 0. The van der Waals surface area contributed by atoms with Gasteiger partial charge in [-0.25, -0.2) is 31.3 Å². The van der Waals surface area contributed by atoms with Gasteiger partial charge in [0.2, 0.25) is 10.0 Å². The summed E-state index contributed by atoms with van der Waals surface area (Å²) >= 11 is 0.722. The summed E-state index contributed by atoms with van der Waals surface area (Å²) in [4.78, 5) is 6.43. The molecule has 1 saturated heterocycles. The van der Waals surface area contributed by atoms with Gasteiger partial charge in [0.15, 0.2) is 15.7 Å². The van der Waals surface area contributed by atoms with Crippen LogP contribution in [0.3, 0.4) is 0 Å². The number of sulfonamides is 1. The van der Waals surface area contributed by atoms with Gasteiger partial charge < -0.3 is 10.2 Å². The average molecular weight is 530 g/mol. The molecule has 2 aliphatic rings. The summed E-state index contributed by atoms with van der Waals surface area (Å²) < 4.78 is 71.0. The molecule has 0 aromatic carbocycles. The molecule has 1 saturated carbocycles. The number of nitrogens with one attached hydrogen (secondary N) is 2. The lowest BCUT2D eigenvalue weighted by atomic mass is 10.0. The third-order valence-electron chi connectivity index (χ3n) is 6.62. The SMILES string of the molecule is C[C@@H]1CN(c2cc(S(=O)(=O)NC3(C)CC3)cn3c(-c4nnc(C(F)F)s4)cnc23)[C@H](C)[C@@H](CF)N1. The van der Waals surface area contributed by atoms with Crippen molar-refractivity contribution in [2.75, 3.05) is 18.1 Å². The van der Waals surface area contributed by atoms with Gasteiger partial charge in [-0.3, -0.25) is 4.40 Å². The Labute approximate surface area is 204 Å². The second-order valence-electron chi connectivity index (χ2n) is 9.53. The van der Waals surface area contributed by atoms with E-state index in [1.165, 1.54) is 12.4 Å². The minimum atomic E-state index is -3.91. The summed E-state index contributed by atoms with van der Waals surface area (Å²) in [5, 5.41) is 10.4. The predicted molar refractivity (Wildman–Crippen MR) is 126 cm³/mol. The monoisotopic (exact) mass is 529 g/mol. The molecule has 1 aliphatic heterocycles. The molecule has 3 aromatic heterocycles. The minimum Gasteiger partial charge on any atom is -0.363 e. The molecule has 0 spiro atoms. The number of pyridine rings is 1. The molecule has 9 nitrogen and oxygen atoms in total. The van der Waals surface area contributed by atoms with E-state index >= 15 is 0 Å². The molecule has 0 radical (unpaired) electrons. The number of imidazole rings is 1. The highest BCUT2D eigenvalue weighted by atomic mass is 32.2. The Morgan fingerprint density at radius 3 is 2.69 bits per heavy atom. The highest BCUT2D eigenvalue weighted by molar-refractivity contribution is 7.89. The van der Waals surface area contributed by atoms with Crippen molar-refractivity contribution >= 4 is 32.7 Å². The van der Waals surface area contributed by atoms with E-state index in [1.54, 1.807) is 10.5 Å². The van der Waals surface area contributed by atoms with Crippen LogP contribution in [0.2, 0.25) is 0 Å². The molecule has 0 amide bonds. The first-order valence-electron chi connectivity index (χ1n) is 11.3. The van der Waals surface area contributed by atoms with Crippen LogP contribution in [0.4, 0.5) is 18.9 Å². The van der Waals surface area contributed by atoms with Crippen molar-refractivity contribution in [3.63, 3.8) is 0 Å². The number of aromatic nitrogens is 4. The fourth-order valence-corrected chi connectivity index (χ4v) is 6.58. The second-order valence-corrected chi connectivity index (χ2v) is 12.2. The lowest BCUT2D eigenvalue weighted by molar-refractivity contribution is 0.150. The Hall–Kier alpha value is -2.29. The summed E-state index contributed by atoms with van der Waals surface area (Å²) in [6.45, 7) is 5.55. The molecule has 190 valence electrons. The summed E-state index contributed by atoms with van der Waals surface area (Å²) in [5.41, 5.74) is 0.785. The fourth-order valence-electron chi connectivity index (χ4n) is 4.39. The van der Waals surface area contributed by atoms with Gasteiger partial charge in [-0.2, -0.15) is 0 Å². The third kappa shape index (κ3) is 4.52. The van der Waals surface area contributed by atoms with E-state index in [0.29, 0.717) is 23.6 Å². The standard InChI is InChI=1S/C21H26F3N7O2S2/c1-11-9-30(12(2)14(7-22)26-11)15-6-13(35(32,33)29-21(3)4-5-21)10-31-16(8-25-18(15)31)19-27-28-20(34-19)17(23)24/h6,8,10-12,14,17,26,29H,4-5,7,9H2,1-3H3/t11-,12-,14-/m1/s1. The topological polar surface area (TPSA) is 105 Å². The highest BCUT2D eigenvalue weighted by Crippen LogP contribution is 2.38. The van der Waals surface area contributed by atoms with Crippen LogP contribution in [0.15, 0.2) is 23.4 Å². The van der Waals surface area contributed by atoms with E-state index in [-0.39, 0.29) is 22.0 Å². The average Bonchev–Trinajstić information content (AvgIpc) is 3.18. The van der Waals surface area contributed by atoms with E-state index in [9.17, 15) is 21.6 Å². The molecule has 2 N–H and O–H groups in total. The van der Waals surface area contributed by atoms with E-state index < -0.39 is 39.7 Å². The van der Waals surface area contributed by atoms with E-state index in [4.69, 9.17) is 0 Å². The molecule has 0 bridgehead atoms. The number of halogens is 3. The van der Waals surface area contributed by atoms with Crippen LogP contribution < -0.4 is 14.9 Å². The first-order valence-corrected chi connectivity index (χ1v) is 13.6. The van der Waals surface area contributed by atoms with Gasteiger partial charge in [0, 0.05) is 30.4 Å². The number of fused-ring (bicyclic) bond motifs is 1. The van der Waals surface area contributed by atoms with E-state index in [1.807, 2.05) is 25.7 Å². The van der Waals surface area contributed by atoms with Crippen molar-refractivity contribution in [1.29, 1.82) is 0 Å². The molecule has 4 heterocycles. The maximum Gasteiger partial charge on any atom is 0.291 e. The number of alkyl halides is 3. The zero-order chi connectivity index (χ0) is 25.1. The van der Waals surface area contributed by atoms with Gasteiger partial charge in [0.05, 0.1) is 17.9 Å². The maximum atomic E-state index is 13.8. The zero-order valence-electron chi connectivity index (χ0n) is 19.4. The minimum absolute atomic E-state index is 0.00107. The predicted octanol–water partition coefficient (Wildman–Crippen LogP) is 3.15. The second kappa shape index (κ2) is 8.68. The number of piperazine rings is 1. The van der Waals surface area contributed by atoms with Gasteiger partial charge in [0.25, 0.3) is 6.43 Å². The quantitative estimate of drug-likeness (QED) is 0.485. The smallest absolute Gasteiger partial charge is 0.291 e. The van der Waals surface area contributed by atoms with Gasteiger partial charge in [-0.15, -0.1) is 10.2 Å². The van der Waals surface area contributed by atoms with Gasteiger partial charge in [0.1, 0.15) is 17.3 Å². The largest absolute Gasteiger partial charge is 0.363 e. The third-order valence-corrected chi connectivity index (χ3v) is 9.18. The van der Waals surface area contributed by atoms with Gasteiger partial charge in [-0.05, 0) is 39.7 Å². The number of anilines is 1. The van der Waals surface area contributed by atoms with Crippen molar-refractivity contribution < 1.29 is 21.6 Å². The molecule has 1 aliphatic carbocycles. The molecule has 35 heavy (non-hydrogen) atoms. The van der Waals surface area contributed by atoms with Crippen molar-refractivity contribution in [1.82, 2.24) is 29.6 Å². The van der Waals surface area contributed by atoms with Gasteiger partial charge in [-0.1, -0.05) is 11.3 Å². The van der Waals surface area contributed by atoms with Crippen LogP contribution in [-0.2, 0) is 10.0 Å². The fraction of sp³-hybridized carbons (Fsp3) is 0.571. The molecule has 3 aromatic rings. The number of hydrogen-bond acceptors (Lipinski definition) is 8.